The maximum Gasteiger partial charge on any atom is 0.306 e. The SMILES string of the molecule is Cc1cccc2c(=O)n(CCC(=O)N3CCC(C(=O)O)C(C)C3)cnc12. The van der Waals surface area contributed by atoms with E-state index in [1.807, 2.05) is 26.0 Å². The van der Waals surface area contributed by atoms with Crippen molar-refractivity contribution in [2.45, 2.75) is 33.2 Å². The van der Waals surface area contributed by atoms with Gasteiger partial charge in [0, 0.05) is 26.1 Å². The number of hydrogen-bond acceptors (Lipinski definition) is 4. The van der Waals surface area contributed by atoms with Gasteiger partial charge in [0.15, 0.2) is 0 Å². The van der Waals surface area contributed by atoms with Crippen LogP contribution < -0.4 is 5.56 Å². The van der Waals surface area contributed by atoms with Crippen molar-refractivity contribution in [2.24, 2.45) is 11.8 Å². The number of hydrogen-bond donors (Lipinski definition) is 1. The molecular formula is C19H23N3O4. The summed E-state index contributed by atoms with van der Waals surface area (Å²) < 4.78 is 1.47. The Bertz CT molecular complexity index is 905. The first-order valence-corrected chi connectivity index (χ1v) is 8.84. The number of aromatic nitrogens is 2. The molecule has 3 rings (SSSR count). The molecule has 0 radical (unpaired) electrons. The van der Waals surface area contributed by atoms with Crippen molar-refractivity contribution in [3.05, 3.63) is 40.4 Å². The molecule has 26 heavy (non-hydrogen) atoms. The van der Waals surface area contributed by atoms with Gasteiger partial charge in [0.1, 0.15) is 0 Å². The van der Waals surface area contributed by atoms with E-state index in [2.05, 4.69) is 4.98 Å². The standard InChI is InChI=1S/C19H23N3O4/c1-12-4-3-5-15-17(12)20-11-22(18(15)24)9-7-16(23)21-8-6-14(19(25)26)13(2)10-21/h3-5,11,13-14H,6-10H2,1-2H3,(H,25,26). The van der Waals surface area contributed by atoms with Gasteiger partial charge in [-0.25, -0.2) is 4.98 Å². The first-order chi connectivity index (χ1) is 12.4. The van der Waals surface area contributed by atoms with E-state index in [-0.39, 0.29) is 30.3 Å². The number of para-hydroxylation sites is 1. The van der Waals surface area contributed by atoms with Gasteiger partial charge in [0.25, 0.3) is 5.56 Å². The molecule has 2 aromatic rings. The third-order valence-electron chi connectivity index (χ3n) is 5.20. The topological polar surface area (TPSA) is 92.5 Å². The smallest absolute Gasteiger partial charge is 0.306 e. The minimum Gasteiger partial charge on any atom is -0.481 e. The van der Waals surface area contributed by atoms with Crippen molar-refractivity contribution < 1.29 is 14.7 Å². The molecule has 0 aliphatic carbocycles. The Hall–Kier alpha value is -2.70. The second kappa shape index (κ2) is 7.27. The van der Waals surface area contributed by atoms with Crippen LogP contribution in [-0.4, -0.2) is 44.5 Å². The lowest BCUT2D eigenvalue weighted by atomic mass is 9.87. The van der Waals surface area contributed by atoms with E-state index in [1.165, 1.54) is 10.9 Å². The maximum atomic E-state index is 12.6. The number of nitrogens with zero attached hydrogens (tertiary/aromatic N) is 3. The molecule has 7 heteroatoms. The summed E-state index contributed by atoms with van der Waals surface area (Å²) in [5.74, 6) is -1.32. The number of carboxylic acid groups (broad SMARTS) is 1. The molecule has 0 spiro atoms. The van der Waals surface area contributed by atoms with Crippen molar-refractivity contribution in [3.63, 3.8) is 0 Å². The molecule has 7 nitrogen and oxygen atoms in total. The van der Waals surface area contributed by atoms with E-state index in [1.54, 1.807) is 11.0 Å². The number of carbonyl (C=O) groups is 2. The number of aryl methyl sites for hydroxylation is 2. The van der Waals surface area contributed by atoms with Crippen LogP contribution in [-0.2, 0) is 16.1 Å². The largest absolute Gasteiger partial charge is 0.481 e. The lowest BCUT2D eigenvalue weighted by Crippen LogP contribution is -2.45. The van der Waals surface area contributed by atoms with Gasteiger partial charge in [-0.1, -0.05) is 19.1 Å². The zero-order chi connectivity index (χ0) is 18.8. The van der Waals surface area contributed by atoms with Gasteiger partial charge >= 0.3 is 5.97 Å². The summed E-state index contributed by atoms with van der Waals surface area (Å²) in [6.45, 7) is 4.93. The van der Waals surface area contributed by atoms with Crippen LogP contribution in [0.5, 0.6) is 0 Å². The fraction of sp³-hybridized carbons (Fsp3) is 0.474. The fourth-order valence-electron chi connectivity index (χ4n) is 3.61. The third kappa shape index (κ3) is 3.47. The number of benzene rings is 1. The van der Waals surface area contributed by atoms with Crippen LogP contribution in [0.3, 0.4) is 0 Å². The highest BCUT2D eigenvalue weighted by atomic mass is 16.4. The maximum absolute atomic E-state index is 12.6. The van der Waals surface area contributed by atoms with E-state index in [0.29, 0.717) is 30.4 Å². The Labute approximate surface area is 151 Å². The number of piperidine rings is 1. The van der Waals surface area contributed by atoms with Crippen molar-refractivity contribution in [3.8, 4) is 0 Å². The van der Waals surface area contributed by atoms with Crippen LogP contribution in [0.2, 0.25) is 0 Å². The van der Waals surface area contributed by atoms with Crippen LogP contribution in [0, 0.1) is 18.8 Å². The molecule has 1 amide bonds. The number of likely N-dealkylation sites (tertiary alicyclic amines) is 1. The molecule has 1 saturated heterocycles. The van der Waals surface area contributed by atoms with Crippen molar-refractivity contribution in [1.82, 2.24) is 14.5 Å². The average molecular weight is 357 g/mol. The van der Waals surface area contributed by atoms with E-state index >= 15 is 0 Å². The predicted octanol–water partition coefficient (Wildman–Crippen LogP) is 1.66. The molecule has 0 saturated carbocycles. The van der Waals surface area contributed by atoms with Crippen molar-refractivity contribution >= 4 is 22.8 Å². The van der Waals surface area contributed by atoms with E-state index in [4.69, 9.17) is 0 Å². The minimum atomic E-state index is -0.798. The third-order valence-corrected chi connectivity index (χ3v) is 5.20. The molecule has 2 unspecified atom stereocenters. The zero-order valence-electron chi connectivity index (χ0n) is 15.0. The summed E-state index contributed by atoms with van der Waals surface area (Å²) in [5.41, 5.74) is 1.48. The van der Waals surface area contributed by atoms with Gasteiger partial charge in [-0.3, -0.25) is 19.0 Å². The lowest BCUT2D eigenvalue weighted by molar-refractivity contribution is -0.148. The Kier molecular flexibility index (Phi) is 5.06. The Morgan fingerprint density at radius 1 is 1.35 bits per heavy atom. The van der Waals surface area contributed by atoms with Crippen LogP contribution in [0.1, 0.15) is 25.3 Å². The molecule has 2 heterocycles. The average Bonchev–Trinajstić information content (AvgIpc) is 2.61. The summed E-state index contributed by atoms with van der Waals surface area (Å²) >= 11 is 0. The molecule has 1 fully saturated rings. The summed E-state index contributed by atoms with van der Waals surface area (Å²) in [5, 5.41) is 9.73. The second-order valence-corrected chi connectivity index (χ2v) is 7.01. The molecule has 0 bridgehead atoms. The monoisotopic (exact) mass is 357 g/mol. The number of aliphatic carboxylic acids is 1. The van der Waals surface area contributed by atoms with Gasteiger partial charge < -0.3 is 10.0 Å². The van der Waals surface area contributed by atoms with Crippen LogP contribution >= 0.6 is 0 Å². The van der Waals surface area contributed by atoms with Crippen LogP contribution in [0.4, 0.5) is 0 Å². The van der Waals surface area contributed by atoms with E-state index in [0.717, 1.165) is 5.56 Å². The molecule has 138 valence electrons. The van der Waals surface area contributed by atoms with Crippen molar-refractivity contribution in [2.75, 3.05) is 13.1 Å². The molecule has 1 aromatic carbocycles. The number of carbonyl (C=O) groups excluding carboxylic acids is 1. The zero-order valence-corrected chi connectivity index (χ0v) is 15.0. The highest BCUT2D eigenvalue weighted by Gasteiger charge is 2.32. The second-order valence-electron chi connectivity index (χ2n) is 7.01. The van der Waals surface area contributed by atoms with Gasteiger partial charge in [-0.15, -0.1) is 0 Å². The van der Waals surface area contributed by atoms with Gasteiger partial charge in [-0.2, -0.15) is 0 Å². The summed E-state index contributed by atoms with van der Waals surface area (Å²) in [4.78, 5) is 42.3. The van der Waals surface area contributed by atoms with Gasteiger partial charge in [0.2, 0.25) is 5.91 Å². The highest BCUT2D eigenvalue weighted by molar-refractivity contribution is 5.80. The lowest BCUT2D eigenvalue weighted by Gasteiger charge is -2.35. The predicted molar refractivity (Wildman–Crippen MR) is 96.8 cm³/mol. The van der Waals surface area contributed by atoms with E-state index < -0.39 is 11.9 Å². The normalized spacial score (nSPS) is 20.3. The number of fused-ring (bicyclic) bond motifs is 1. The molecule has 1 N–H and O–H groups in total. The fourth-order valence-corrected chi connectivity index (χ4v) is 3.61. The van der Waals surface area contributed by atoms with Crippen molar-refractivity contribution in [1.29, 1.82) is 0 Å². The molecule has 1 aliphatic heterocycles. The number of amides is 1. The molecule has 1 aliphatic rings. The van der Waals surface area contributed by atoms with Crippen LogP contribution in [0.25, 0.3) is 10.9 Å². The minimum absolute atomic E-state index is 0.0584. The van der Waals surface area contributed by atoms with E-state index in [9.17, 15) is 19.5 Å². The molecular weight excluding hydrogens is 334 g/mol. The number of carboxylic acids is 1. The van der Waals surface area contributed by atoms with Gasteiger partial charge in [-0.05, 0) is 30.9 Å². The quantitative estimate of drug-likeness (QED) is 0.898. The molecule has 2 atom stereocenters. The van der Waals surface area contributed by atoms with Crippen LogP contribution in [0.15, 0.2) is 29.3 Å². The Balaban J connectivity index is 1.67. The molecule has 1 aromatic heterocycles. The summed E-state index contributed by atoms with van der Waals surface area (Å²) in [6.07, 6.45) is 2.16. The first kappa shape index (κ1) is 18.1. The number of rotatable bonds is 4. The Morgan fingerprint density at radius 2 is 2.12 bits per heavy atom. The first-order valence-electron chi connectivity index (χ1n) is 8.84. The summed E-state index contributed by atoms with van der Waals surface area (Å²) in [6, 6.07) is 5.48. The Morgan fingerprint density at radius 3 is 2.81 bits per heavy atom. The van der Waals surface area contributed by atoms with Gasteiger partial charge in [0.05, 0.1) is 23.1 Å². The highest BCUT2D eigenvalue weighted by Crippen LogP contribution is 2.24. The summed E-state index contributed by atoms with van der Waals surface area (Å²) in [7, 11) is 0.